The standard InChI is InChI=1S/C10H20N2O2S.ClH/c1-14-8-10(4-3-5-12-10)7-11-9(13)6-15-2;/h12H,3-8H2,1-2H3,(H,11,13);1H. The van der Waals surface area contributed by atoms with E-state index in [9.17, 15) is 4.79 Å². The van der Waals surface area contributed by atoms with Gasteiger partial charge in [0.15, 0.2) is 0 Å². The molecule has 0 spiro atoms. The van der Waals surface area contributed by atoms with Crippen LogP contribution in [0.3, 0.4) is 0 Å². The molecule has 1 aliphatic heterocycles. The highest BCUT2D eigenvalue weighted by atomic mass is 35.5. The number of hydrogen-bond acceptors (Lipinski definition) is 4. The lowest BCUT2D eigenvalue weighted by atomic mass is 9.99. The number of carbonyl (C=O) groups is 1. The number of rotatable bonds is 6. The molecular formula is C10H21ClN2O2S. The molecule has 0 bridgehead atoms. The van der Waals surface area contributed by atoms with Crippen molar-refractivity contribution in [3.05, 3.63) is 0 Å². The van der Waals surface area contributed by atoms with Crippen LogP contribution in [0.5, 0.6) is 0 Å². The van der Waals surface area contributed by atoms with Crippen molar-refractivity contribution in [2.45, 2.75) is 18.4 Å². The molecule has 1 fully saturated rings. The predicted octanol–water partition coefficient (Wildman–Crippen LogP) is 0.656. The van der Waals surface area contributed by atoms with Crippen molar-refractivity contribution < 1.29 is 9.53 Å². The Morgan fingerprint density at radius 1 is 1.62 bits per heavy atom. The maximum Gasteiger partial charge on any atom is 0.230 e. The third-order valence-electron chi connectivity index (χ3n) is 2.65. The molecule has 4 nitrogen and oxygen atoms in total. The highest BCUT2D eigenvalue weighted by molar-refractivity contribution is 7.99. The van der Waals surface area contributed by atoms with E-state index < -0.39 is 0 Å². The number of halogens is 1. The van der Waals surface area contributed by atoms with Gasteiger partial charge >= 0.3 is 0 Å². The summed E-state index contributed by atoms with van der Waals surface area (Å²) in [5.74, 6) is 0.634. The lowest BCUT2D eigenvalue weighted by Gasteiger charge is -2.28. The zero-order chi connectivity index (χ0) is 11.1. The Kier molecular flexibility index (Phi) is 8.18. The zero-order valence-electron chi connectivity index (χ0n) is 9.88. The maximum absolute atomic E-state index is 11.3. The predicted molar refractivity (Wildman–Crippen MR) is 70.5 cm³/mol. The third kappa shape index (κ3) is 4.91. The highest BCUT2D eigenvalue weighted by Gasteiger charge is 2.33. The van der Waals surface area contributed by atoms with E-state index in [1.54, 1.807) is 18.9 Å². The summed E-state index contributed by atoms with van der Waals surface area (Å²) < 4.78 is 5.20. The fourth-order valence-electron chi connectivity index (χ4n) is 1.92. The number of hydrogen-bond donors (Lipinski definition) is 2. The molecule has 1 atom stereocenters. The maximum atomic E-state index is 11.3. The van der Waals surface area contributed by atoms with Gasteiger partial charge in [-0.2, -0.15) is 11.8 Å². The fourth-order valence-corrected chi connectivity index (χ4v) is 2.28. The molecule has 0 saturated carbocycles. The quantitative estimate of drug-likeness (QED) is 0.743. The van der Waals surface area contributed by atoms with Crippen LogP contribution in [-0.2, 0) is 9.53 Å². The zero-order valence-corrected chi connectivity index (χ0v) is 11.5. The summed E-state index contributed by atoms with van der Waals surface area (Å²) >= 11 is 1.54. The molecule has 0 radical (unpaired) electrons. The molecule has 96 valence electrons. The Morgan fingerprint density at radius 2 is 2.38 bits per heavy atom. The van der Waals surface area contributed by atoms with E-state index in [1.807, 2.05) is 6.26 Å². The van der Waals surface area contributed by atoms with Crippen molar-refractivity contribution in [1.29, 1.82) is 0 Å². The Hall–Kier alpha value is 0.0300. The minimum absolute atomic E-state index is 0. The van der Waals surface area contributed by atoms with Crippen molar-refractivity contribution in [2.24, 2.45) is 0 Å². The van der Waals surface area contributed by atoms with E-state index in [0.29, 0.717) is 18.9 Å². The van der Waals surface area contributed by atoms with Gasteiger partial charge in [-0.15, -0.1) is 12.4 Å². The minimum Gasteiger partial charge on any atom is -0.383 e. The molecule has 1 rings (SSSR count). The number of methoxy groups -OCH3 is 1. The summed E-state index contributed by atoms with van der Waals surface area (Å²) in [5, 5.41) is 6.37. The first-order valence-electron chi connectivity index (χ1n) is 5.22. The highest BCUT2D eigenvalue weighted by Crippen LogP contribution is 2.18. The van der Waals surface area contributed by atoms with Crippen LogP contribution in [-0.4, -0.2) is 50.3 Å². The second kappa shape index (κ2) is 8.17. The topological polar surface area (TPSA) is 50.4 Å². The van der Waals surface area contributed by atoms with Crippen molar-refractivity contribution in [3.63, 3.8) is 0 Å². The summed E-state index contributed by atoms with van der Waals surface area (Å²) in [5.41, 5.74) is -0.0389. The molecule has 0 aromatic heterocycles. The van der Waals surface area contributed by atoms with Crippen LogP contribution in [0.15, 0.2) is 0 Å². The number of carbonyl (C=O) groups excluding carboxylic acids is 1. The molecule has 1 heterocycles. The molecule has 0 aromatic carbocycles. The van der Waals surface area contributed by atoms with Crippen molar-refractivity contribution >= 4 is 30.1 Å². The van der Waals surface area contributed by atoms with Gasteiger partial charge in [-0.05, 0) is 25.6 Å². The first-order chi connectivity index (χ1) is 7.22. The van der Waals surface area contributed by atoms with Crippen LogP contribution < -0.4 is 10.6 Å². The largest absolute Gasteiger partial charge is 0.383 e. The van der Waals surface area contributed by atoms with E-state index in [2.05, 4.69) is 10.6 Å². The van der Waals surface area contributed by atoms with Gasteiger partial charge in [-0.1, -0.05) is 0 Å². The summed E-state index contributed by atoms with van der Waals surface area (Å²) in [4.78, 5) is 11.3. The van der Waals surface area contributed by atoms with Crippen LogP contribution in [0.25, 0.3) is 0 Å². The minimum atomic E-state index is -0.0389. The molecule has 1 unspecified atom stereocenters. The number of ether oxygens (including phenoxy) is 1. The molecule has 0 aliphatic carbocycles. The Labute approximate surface area is 108 Å². The fraction of sp³-hybridized carbons (Fsp3) is 0.900. The van der Waals surface area contributed by atoms with Crippen molar-refractivity contribution in [3.8, 4) is 0 Å². The second-order valence-corrected chi connectivity index (χ2v) is 4.82. The number of amides is 1. The van der Waals surface area contributed by atoms with Gasteiger partial charge < -0.3 is 15.4 Å². The Bertz CT molecular complexity index is 211. The monoisotopic (exact) mass is 268 g/mol. The number of thioether (sulfide) groups is 1. The SMILES string of the molecule is COCC1(CNC(=O)CSC)CCCN1.Cl. The Balaban J connectivity index is 0.00000225. The first-order valence-corrected chi connectivity index (χ1v) is 6.61. The van der Waals surface area contributed by atoms with E-state index in [-0.39, 0.29) is 23.9 Å². The van der Waals surface area contributed by atoms with Gasteiger partial charge in [0.05, 0.1) is 17.9 Å². The average molecular weight is 269 g/mol. The van der Waals surface area contributed by atoms with Crippen LogP contribution >= 0.6 is 24.2 Å². The first kappa shape index (κ1) is 16.0. The van der Waals surface area contributed by atoms with E-state index in [4.69, 9.17) is 4.74 Å². The van der Waals surface area contributed by atoms with Gasteiger partial charge in [0.25, 0.3) is 0 Å². The van der Waals surface area contributed by atoms with Crippen LogP contribution in [0, 0.1) is 0 Å². The normalized spacial score (nSPS) is 23.9. The molecule has 2 N–H and O–H groups in total. The molecule has 6 heteroatoms. The van der Waals surface area contributed by atoms with E-state index in [0.717, 1.165) is 19.4 Å². The Morgan fingerprint density at radius 3 is 2.88 bits per heavy atom. The van der Waals surface area contributed by atoms with E-state index >= 15 is 0 Å². The van der Waals surface area contributed by atoms with Crippen LogP contribution in [0.4, 0.5) is 0 Å². The van der Waals surface area contributed by atoms with E-state index in [1.165, 1.54) is 0 Å². The van der Waals surface area contributed by atoms with Gasteiger partial charge in [0.2, 0.25) is 5.91 Å². The third-order valence-corrected chi connectivity index (χ3v) is 3.20. The van der Waals surface area contributed by atoms with Gasteiger partial charge in [0.1, 0.15) is 0 Å². The van der Waals surface area contributed by atoms with Crippen LogP contribution in [0.1, 0.15) is 12.8 Å². The molecule has 1 aliphatic rings. The smallest absolute Gasteiger partial charge is 0.230 e. The van der Waals surface area contributed by atoms with Crippen LogP contribution in [0.2, 0.25) is 0 Å². The summed E-state index contributed by atoms with van der Waals surface area (Å²) in [6.07, 6.45) is 4.15. The van der Waals surface area contributed by atoms with Crippen molar-refractivity contribution in [2.75, 3.05) is 38.8 Å². The summed E-state index contributed by atoms with van der Waals surface area (Å²) in [6, 6.07) is 0. The average Bonchev–Trinajstić information content (AvgIpc) is 2.65. The van der Waals surface area contributed by atoms with Crippen molar-refractivity contribution in [1.82, 2.24) is 10.6 Å². The second-order valence-electron chi connectivity index (χ2n) is 3.95. The van der Waals surface area contributed by atoms with Gasteiger partial charge in [-0.25, -0.2) is 0 Å². The lowest BCUT2D eigenvalue weighted by Crippen LogP contribution is -2.53. The van der Waals surface area contributed by atoms with Gasteiger partial charge in [0, 0.05) is 13.7 Å². The molecular weight excluding hydrogens is 248 g/mol. The van der Waals surface area contributed by atoms with Gasteiger partial charge in [-0.3, -0.25) is 4.79 Å². The molecule has 1 amide bonds. The summed E-state index contributed by atoms with van der Waals surface area (Å²) in [7, 11) is 1.70. The summed E-state index contributed by atoms with van der Waals surface area (Å²) in [6.45, 7) is 2.34. The number of nitrogens with one attached hydrogen (secondary N) is 2. The molecule has 1 saturated heterocycles. The molecule has 16 heavy (non-hydrogen) atoms. The molecule has 0 aromatic rings. The lowest BCUT2D eigenvalue weighted by molar-refractivity contribution is -0.118.